The number of hydrogen-bond acceptors (Lipinski definition) is 6. The Morgan fingerprint density at radius 3 is 2.64 bits per heavy atom. The van der Waals surface area contributed by atoms with E-state index in [1.54, 1.807) is 30.3 Å². The second kappa shape index (κ2) is 5.98. The van der Waals surface area contributed by atoms with Gasteiger partial charge in [-0.15, -0.1) is 0 Å². The van der Waals surface area contributed by atoms with Crippen molar-refractivity contribution in [3.63, 3.8) is 0 Å². The molecule has 2 aromatic rings. The number of nitrogen functional groups attached to an aromatic ring is 2. The van der Waals surface area contributed by atoms with Crippen LogP contribution in [0.3, 0.4) is 0 Å². The van der Waals surface area contributed by atoms with Crippen LogP contribution in [0.2, 0.25) is 0 Å². The fourth-order valence-corrected chi connectivity index (χ4v) is 2.34. The number of hydrogen-bond donors (Lipinski definition) is 3. The summed E-state index contributed by atoms with van der Waals surface area (Å²) in [5, 5.41) is 2.94. The van der Waals surface area contributed by atoms with Crippen molar-refractivity contribution in [2.24, 2.45) is 0 Å². The van der Waals surface area contributed by atoms with E-state index < -0.39 is 0 Å². The number of ether oxygens (including phenoxy) is 1. The molecule has 0 radical (unpaired) electrons. The fraction of sp³-hybridized carbons (Fsp3) is 0.267. The zero-order valence-electron chi connectivity index (χ0n) is 12.0. The first-order chi connectivity index (χ1) is 10.6. The van der Waals surface area contributed by atoms with Gasteiger partial charge in [0.05, 0.1) is 18.3 Å². The Morgan fingerprint density at radius 2 is 2.00 bits per heavy atom. The van der Waals surface area contributed by atoms with Crippen LogP contribution in [0, 0.1) is 0 Å². The molecule has 0 bridgehead atoms. The van der Waals surface area contributed by atoms with E-state index in [-0.39, 0.29) is 17.9 Å². The molecule has 0 spiro atoms. The molecule has 2 heterocycles. The predicted octanol–water partition coefficient (Wildman–Crippen LogP) is 0.827. The van der Waals surface area contributed by atoms with Crippen molar-refractivity contribution < 1.29 is 9.53 Å². The van der Waals surface area contributed by atoms with Crippen molar-refractivity contribution in [2.75, 3.05) is 24.7 Å². The van der Waals surface area contributed by atoms with Crippen LogP contribution in [-0.4, -0.2) is 35.1 Å². The molecule has 0 aliphatic carbocycles. The summed E-state index contributed by atoms with van der Waals surface area (Å²) in [5.74, 6) is 0.326. The highest BCUT2D eigenvalue weighted by molar-refractivity contribution is 5.94. The lowest BCUT2D eigenvalue weighted by molar-refractivity contribution is 0.0930. The lowest BCUT2D eigenvalue weighted by Crippen LogP contribution is -2.34. The van der Waals surface area contributed by atoms with Crippen LogP contribution in [0.25, 0.3) is 11.3 Å². The van der Waals surface area contributed by atoms with Gasteiger partial charge in [-0.2, -0.15) is 4.98 Å². The molecule has 1 aromatic carbocycles. The number of anilines is 2. The minimum atomic E-state index is -0.108. The highest BCUT2D eigenvalue weighted by Crippen LogP contribution is 2.20. The van der Waals surface area contributed by atoms with E-state index in [0.29, 0.717) is 30.3 Å². The van der Waals surface area contributed by atoms with Crippen molar-refractivity contribution in [2.45, 2.75) is 12.5 Å². The summed E-state index contributed by atoms with van der Waals surface area (Å²) in [4.78, 5) is 20.1. The maximum atomic E-state index is 12.1. The number of nitrogens with zero attached hydrogens (tertiary/aromatic N) is 2. The summed E-state index contributed by atoms with van der Waals surface area (Å²) in [7, 11) is 0. The molecule has 0 unspecified atom stereocenters. The van der Waals surface area contributed by atoms with Crippen molar-refractivity contribution in [3.8, 4) is 11.3 Å². The number of nitrogens with two attached hydrogens (primary N) is 2. The maximum Gasteiger partial charge on any atom is 0.251 e. The third-order valence-corrected chi connectivity index (χ3v) is 3.47. The van der Waals surface area contributed by atoms with Gasteiger partial charge in [-0.3, -0.25) is 4.79 Å². The Bertz CT molecular complexity index is 661. The Balaban J connectivity index is 1.75. The Hall–Kier alpha value is -2.67. The topological polar surface area (TPSA) is 116 Å². The van der Waals surface area contributed by atoms with Gasteiger partial charge in [0.2, 0.25) is 5.95 Å². The van der Waals surface area contributed by atoms with Gasteiger partial charge in [0.25, 0.3) is 5.91 Å². The van der Waals surface area contributed by atoms with E-state index in [1.807, 2.05) is 0 Å². The van der Waals surface area contributed by atoms with E-state index in [4.69, 9.17) is 16.2 Å². The molecule has 1 aliphatic rings. The van der Waals surface area contributed by atoms with Crippen LogP contribution < -0.4 is 16.8 Å². The van der Waals surface area contributed by atoms with E-state index in [9.17, 15) is 4.79 Å². The van der Waals surface area contributed by atoms with Gasteiger partial charge in [0, 0.05) is 23.8 Å². The van der Waals surface area contributed by atoms with E-state index in [0.717, 1.165) is 12.0 Å². The lowest BCUT2D eigenvalue weighted by atomic mass is 10.1. The molecule has 1 aromatic heterocycles. The van der Waals surface area contributed by atoms with E-state index in [2.05, 4.69) is 15.3 Å². The van der Waals surface area contributed by atoms with Crippen LogP contribution in [0.1, 0.15) is 16.8 Å². The third kappa shape index (κ3) is 3.15. The molecule has 5 N–H and O–H groups in total. The third-order valence-electron chi connectivity index (χ3n) is 3.47. The highest BCUT2D eigenvalue weighted by atomic mass is 16.5. The largest absolute Gasteiger partial charge is 0.384 e. The van der Waals surface area contributed by atoms with Gasteiger partial charge >= 0.3 is 0 Å². The Kier molecular flexibility index (Phi) is 3.88. The van der Waals surface area contributed by atoms with Crippen LogP contribution in [-0.2, 0) is 4.74 Å². The number of aromatic nitrogens is 2. The van der Waals surface area contributed by atoms with Crippen molar-refractivity contribution in [1.29, 1.82) is 0 Å². The SMILES string of the molecule is Nc1cc(-c2ccc(C(=O)N[C@@H]3CCOC3)cc2)nc(N)n1. The number of rotatable bonds is 3. The quantitative estimate of drug-likeness (QED) is 0.773. The highest BCUT2D eigenvalue weighted by Gasteiger charge is 2.18. The smallest absolute Gasteiger partial charge is 0.251 e. The van der Waals surface area contributed by atoms with Crippen LogP contribution in [0.5, 0.6) is 0 Å². The summed E-state index contributed by atoms with van der Waals surface area (Å²) in [5.41, 5.74) is 13.3. The zero-order chi connectivity index (χ0) is 15.5. The van der Waals surface area contributed by atoms with Gasteiger partial charge in [-0.05, 0) is 18.6 Å². The molecule has 1 atom stereocenters. The Morgan fingerprint density at radius 1 is 1.23 bits per heavy atom. The summed E-state index contributed by atoms with van der Waals surface area (Å²) in [6.07, 6.45) is 0.851. The molecular weight excluding hydrogens is 282 g/mol. The number of benzene rings is 1. The van der Waals surface area contributed by atoms with E-state index >= 15 is 0 Å². The molecule has 0 saturated carbocycles. The second-order valence-electron chi connectivity index (χ2n) is 5.15. The molecule has 1 amide bonds. The summed E-state index contributed by atoms with van der Waals surface area (Å²) >= 11 is 0. The van der Waals surface area contributed by atoms with Gasteiger partial charge < -0.3 is 21.5 Å². The van der Waals surface area contributed by atoms with Crippen LogP contribution in [0.15, 0.2) is 30.3 Å². The van der Waals surface area contributed by atoms with Gasteiger partial charge in [0.15, 0.2) is 0 Å². The molecule has 114 valence electrons. The van der Waals surface area contributed by atoms with Gasteiger partial charge in [-0.1, -0.05) is 12.1 Å². The number of carbonyl (C=O) groups is 1. The number of carbonyl (C=O) groups excluding carboxylic acids is 1. The predicted molar refractivity (Wildman–Crippen MR) is 83.0 cm³/mol. The molecular formula is C15H17N5O2. The molecule has 7 nitrogen and oxygen atoms in total. The average molecular weight is 299 g/mol. The molecule has 3 rings (SSSR count). The lowest BCUT2D eigenvalue weighted by Gasteiger charge is -2.11. The van der Waals surface area contributed by atoms with Crippen molar-refractivity contribution in [1.82, 2.24) is 15.3 Å². The fourth-order valence-electron chi connectivity index (χ4n) is 2.34. The molecule has 1 saturated heterocycles. The summed E-state index contributed by atoms with van der Waals surface area (Å²) in [6, 6.07) is 8.84. The zero-order valence-corrected chi connectivity index (χ0v) is 12.0. The van der Waals surface area contributed by atoms with Gasteiger partial charge in [-0.25, -0.2) is 4.98 Å². The number of amides is 1. The van der Waals surface area contributed by atoms with Crippen molar-refractivity contribution in [3.05, 3.63) is 35.9 Å². The molecule has 1 fully saturated rings. The first-order valence-electron chi connectivity index (χ1n) is 7.01. The second-order valence-corrected chi connectivity index (χ2v) is 5.15. The monoisotopic (exact) mass is 299 g/mol. The average Bonchev–Trinajstić information content (AvgIpc) is 2.99. The minimum absolute atomic E-state index is 0.0913. The normalized spacial score (nSPS) is 17.4. The maximum absolute atomic E-state index is 12.1. The first-order valence-corrected chi connectivity index (χ1v) is 7.01. The molecule has 7 heteroatoms. The minimum Gasteiger partial charge on any atom is -0.384 e. The Labute approximate surface area is 127 Å². The number of nitrogens with one attached hydrogen (secondary N) is 1. The standard InChI is InChI=1S/C15H17N5O2/c16-13-7-12(19-15(17)20-13)9-1-3-10(4-2-9)14(21)18-11-5-6-22-8-11/h1-4,7,11H,5-6,8H2,(H,18,21)(H4,16,17,19,20)/t11-/m1/s1. The van der Waals surface area contributed by atoms with Crippen LogP contribution >= 0.6 is 0 Å². The molecule has 22 heavy (non-hydrogen) atoms. The van der Waals surface area contributed by atoms with Gasteiger partial charge in [0.1, 0.15) is 5.82 Å². The summed E-state index contributed by atoms with van der Waals surface area (Å²) in [6.45, 7) is 1.27. The molecule has 1 aliphatic heterocycles. The summed E-state index contributed by atoms with van der Waals surface area (Å²) < 4.78 is 5.24. The van der Waals surface area contributed by atoms with Crippen molar-refractivity contribution >= 4 is 17.7 Å². The van der Waals surface area contributed by atoms with E-state index in [1.165, 1.54) is 0 Å². The van der Waals surface area contributed by atoms with Crippen LogP contribution in [0.4, 0.5) is 11.8 Å². The first kappa shape index (κ1) is 14.3.